The summed E-state index contributed by atoms with van der Waals surface area (Å²) in [6.45, 7) is 7.89. The average Bonchev–Trinajstić information content (AvgIpc) is 3.07. The molecular formula is C24H34N2O4. The van der Waals surface area contributed by atoms with Crippen LogP contribution in [-0.2, 0) is 35.7 Å². The second-order valence-corrected chi connectivity index (χ2v) is 8.50. The lowest BCUT2D eigenvalue weighted by Crippen LogP contribution is -2.36. The number of benzene rings is 1. The fraction of sp³-hybridized carbons (Fsp3) is 0.583. The summed E-state index contributed by atoms with van der Waals surface area (Å²) in [5.41, 5.74) is 2.62. The van der Waals surface area contributed by atoms with Gasteiger partial charge in [-0.1, -0.05) is 6.07 Å². The zero-order valence-electron chi connectivity index (χ0n) is 18.3. The molecular weight excluding hydrogens is 380 g/mol. The summed E-state index contributed by atoms with van der Waals surface area (Å²) in [6, 6.07) is 10.7. The molecule has 0 spiro atoms. The zero-order valence-corrected chi connectivity index (χ0v) is 18.3. The molecule has 0 unspecified atom stereocenters. The van der Waals surface area contributed by atoms with Crippen LogP contribution in [0.2, 0.25) is 0 Å². The van der Waals surface area contributed by atoms with Crippen LogP contribution in [0.4, 0.5) is 0 Å². The molecule has 164 valence electrons. The molecule has 6 heteroatoms. The highest BCUT2D eigenvalue weighted by atomic mass is 16.5. The van der Waals surface area contributed by atoms with Crippen molar-refractivity contribution in [3.63, 3.8) is 0 Å². The Labute approximate surface area is 179 Å². The van der Waals surface area contributed by atoms with Crippen molar-refractivity contribution < 1.29 is 18.6 Å². The minimum absolute atomic E-state index is 0.511. The average molecular weight is 415 g/mol. The summed E-state index contributed by atoms with van der Waals surface area (Å²) >= 11 is 0. The number of nitrogens with zero attached hydrogens (tertiary/aromatic N) is 2. The van der Waals surface area contributed by atoms with Gasteiger partial charge in [-0.3, -0.25) is 9.80 Å². The maximum atomic E-state index is 6.03. The van der Waals surface area contributed by atoms with E-state index in [2.05, 4.69) is 28.0 Å². The summed E-state index contributed by atoms with van der Waals surface area (Å²) in [5, 5.41) is 0. The van der Waals surface area contributed by atoms with Crippen molar-refractivity contribution in [2.24, 2.45) is 5.92 Å². The number of hydrogen-bond donors (Lipinski definition) is 0. The first kappa shape index (κ1) is 21.4. The number of ether oxygens (including phenoxy) is 3. The van der Waals surface area contributed by atoms with Gasteiger partial charge in [0, 0.05) is 46.0 Å². The molecule has 1 aromatic heterocycles. The number of methoxy groups -OCH3 is 2. The minimum Gasteiger partial charge on any atom is -0.492 e. The quantitative estimate of drug-likeness (QED) is 0.657. The molecule has 1 fully saturated rings. The van der Waals surface area contributed by atoms with Gasteiger partial charge in [-0.2, -0.15) is 0 Å². The highest BCUT2D eigenvalue weighted by molar-refractivity contribution is 5.38. The standard InChI is InChI=1S/C24H34N2O4/c1-27-17-20-4-3-9-25(14-20)13-19-5-8-24-21(12-19)15-26(10-11-29-24)16-22-6-7-23(30-22)18-28-2/h5-8,12,20H,3-4,9-11,13-18H2,1-2H3/t20-/m1/s1. The molecule has 0 amide bonds. The van der Waals surface area contributed by atoms with Crippen molar-refractivity contribution in [1.29, 1.82) is 0 Å². The number of likely N-dealkylation sites (tertiary alicyclic amines) is 1. The van der Waals surface area contributed by atoms with Gasteiger partial charge in [0.2, 0.25) is 0 Å². The summed E-state index contributed by atoms with van der Waals surface area (Å²) < 4.78 is 22.5. The third kappa shape index (κ3) is 5.64. The summed E-state index contributed by atoms with van der Waals surface area (Å²) in [6.07, 6.45) is 2.53. The van der Waals surface area contributed by atoms with Crippen LogP contribution in [-0.4, -0.2) is 56.9 Å². The minimum atomic E-state index is 0.511. The Morgan fingerprint density at radius 2 is 1.90 bits per heavy atom. The second kappa shape index (κ2) is 10.4. The van der Waals surface area contributed by atoms with Crippen LogP contribution < -0.4 is 4.74 Å². The SMILES string of the molecule is COCc1ccc(CN2CCOc3ccc(CN4CCC[C@@H](COC)C4)cc3C2)o1. The predicted octanol–water partition coefficient (Wildman–Crippen LogP) is 3.68. The number of hydrogen-bond acceptors (Lipinski definition) is 6. The van der Waals surface area contributed by atoms with E-state index < -0.39 is 0 Å². The van der Waals surface area contributed by atoms with E-state index in [4.69, 9.17) is 18.6 Å². The van der Waals surface area contributed by atoms with E-state index in [1.54, 1.807) is 14.2 Å². The topological polar surface area (TPSA) is 47.3 Å². The number of furan rings is 1. The van der Waals surface area contributed by atoms with Crippen molar-refractivity contribution in [3.05, 3.63) is 53.0 Å². The van der Waals surface area contributed by atoms with Crippen LogP contribution in [0.3, 0.4) is 0 Å². The van der Waals surface area contributed by atoms with E-state index in [0.29, 0.717) is 19.1 Å². The van der Waals surface area contributed by atoms with Gasteiger partial charge in [-0.05, 0) is 55.1 Å². The Bertz CT molecular complexity index is 804. The maximum absolute atomic E-state index is 6.03. The van der Waals surface area contributed by atoms with Gasteiger partial charge in [0.1, 0.15) is 30.5 Å². The van der Waals surface area contributed by atoms with Gasteiger partial charge < -0.3 is 18.6 Å². The monoisotopic (exact) mass is 414 g/mol. The van der Waals surface area contributed by atoms with Crippen LogP contribution in [0.5, 0.6) is 5.75 Å². The molecule has 1 atom stereocenters. The van der Waals surface area contributed by atoms with Gasteiger partial charge in [0.15, 0.2) is 0 Å². The molecule has 30 heavy (non-hydrogen) atoms. The maximum Gasteiger partial charge on any atom is 0.129 e. The van der Waals surface area contributed by atoms with Crippen molar-refractivity contribution in [1.82, 2.24) is 9.80 Å². The lowest BCUT2D eigenvalue weighted by molar-refractivity contribution is 0.0873. The van der Waals surface area contributed by atoms with Crippen molar-refractivity contribution in [3.8, 4) is 5.75 Å². The Balaban J connectivity index is 1.39. The van der Waals surface area contributed by atoms with E-state index in [1.807, 2.05) is 12.1 Å². The van der Waals surface area contributed by atoms with Crippen LogP contribution in [0.15, 0.2) is 34.7 Å². The first-order valence-corrected chi connectivity index (χ1v) is 11.0. The fourth-order valence-electron chi connectivity index (χ4n) is 4.61. The molecule has 2 aliphatic rings. The molecule has 4 rings (SSSR count). The lowest BCUT2D eigenvalue weighted by Gasteiger charge is -2.32. The smallest absolute Gasteiger partial charge is 0.129 e. The molecule has 0 bridgehead atoms. The van der Waals surface area contributed by atoms with Gasteiger partial charge in [-0.25, -0.2) is 0 Å². The van der Waals surface area contributed by atoms with Gasteiger partial charge >= 0.3 is 0 Å². The lowest BCUT2D eigenvalue weighted by atomic mass is 9.98. The van der Waals surface area contributed by atoms with E-state index >= 15 is 0 Å². The number of piperidine rings is 1. The second-order valence-electron chi connectivity index (χ2n) is 8.50. The van der Waals surface area contributed by atoms with Crippen LogP contribution in [0.25, 0.3) is 0 Å². The molecule has 0 radical (unpaired) electrons. The highest BCUT2D eigenvalue weighted by Crippen LogP contribution is 2.27. The molecule has 2 aliphatic heterocycles. The van der Waals surface area contributed by atoms with Gasteiger partial charge in [0.25, 0.3) is 0 Å². The van der Waals surface area contributed by atoms with Crippen molar-refractivity contribution >= 4 is 0 Å². The Hall–Kier alpha value is -1.86. The van der Waals surface area contributed by atoms with Gasteiger partial charge in [-0.15, -0.1) is 0 Å². The molecule has 2 aromatic rings. The van der Waals surface area contributed by atoms with E-state index in [1.165, 1.54) is 30.5 Å². The van der Waals surface area contributed by atoms with E-state index in [-0.39, 0.29) is 0 Å². The third-order valence-corrected chi connectivity index (χ3v) is 5.98. The highest BCUT2D eigenvalue weighted by Gasteiger charge is 2.21. The van der Waals surface area contributed by atoms with Crippen LogP contribution in [0.1, 0.15) is 35.5 Å². The van der Waals surface area contributed by atoms with E-state index in [9.17, 15) is 0 Å². The normalized spacial score (nSPS) is 20.5. The zero-order chi connectivity index (χ0) is 20.8. The largest absolute Gasteiger partial charge is 0.492 e. The van der Waals surface area contributed by atoms with Gasteiger partial charge in [0.05, 0.1) is 13.2 Å². The molecule has 0 N–H and O–H groups in total. The summed E-state index contributed by atoms with van der Waals surface area (Å²) in [5.74, 6) is 3.50. The first-order valence-electron chi connectivity index (χ1n) is 11.0. The Morgan fingerprint density at radius 1 is 1.00 bits per heavy atom. The molecule has 6 nitrogen and oxygen atoms in total. The van der Waals surface area contributed by atoms with Crippen molar-refractivity contribution in [2.75, 3.05) is 47.1 Å². The Kier molecular flexibility index (Phi) is 7.44. The third-order valence-electron chi connectivity index (χ3n) is 5.98. The van der Waals surface area contributed by atoms with Crippen molar-refractivity contribution in [2.45, 2.75) is 39.1 Å². The van der Waals surface area contributed by atoms with Crippen LogP contribution >= 0.6 is 0 Å². The molecule has 1 saturated heterocycles. The van der Waals surface area contributed by atoms with E-state index in [0.717, 1.165) is 56.6 Å². The van der Waals surface area contributed by atoms with Crippen LogP contribution in [0, 0.1) is 5.92 Å². The summed E-state index contributed by atoms with van der Waals surface area (Å²) in [7, 11) is 3.49. The number of rotatable bonds is 8. The molecule has 1 aromatic carbocycles. The molecule has 0 aliphatic carbocycles. The molecule has 3 heterocycles. The number of fused-ring (bicyclic) bond motifs is 1. The molecule has 0 saturated carbocycles. The predicted molar refractivity (Wildman–Crippen MR) is 115 cm³/mol. The summed E-state index contributed by atoms with van der Waals surface area (Å²) in [4.78, 5) is 4.95. The first-order chi connectivity index (χ1) is 14.7. The fourth-order valence-corrected chi connectivity index (χ4v) is 4.61. The Morgan fingerprint density at radius 3 is 2.77 bits per heavy atom.